The van der Waals surface area contributed by atoms with Gasteiger partial charge in [-0.3, -0.25) is 34.2 Å². The van der Waals surface area contributed by atoms with E-state index in [0.717, 1.165) is 4.90 Å². The zero-order valence-corrected chi connectivity index (χ0v) is 15.0. The van der Waals surface area contributed by atoms with E-state index in [9.17, 15) is 24.0 Å². The molecule has 3 N–H and O–H groups in total. The van der Waals surface area contributed by atoms with Crippen molar-refractivity contribution in [2.24, 2.45) is 5.73 Å². The SMILES string of the molecule is Cl.NCCC(=O)COc1cccc2c1C(=O)N(C1CCC(=O)NC1=O)C2=O. The molecule has 0 bridgehead atoms. The third kappa shape index (κ3) is 3.83. The number of piperidine rings is 1. The Morgan fingerprint density at radius 2 is 1.96 bits per heavy atom. The van der Waals surface area contributed by atoms with Gasteiger partial charge in [-0.15, -0.1) is 12.4 Å². The van der Waals surface area contributed by atoms with E-state index >= 15 is 0 Å². The van der Waals surface area contributed by atoms with Crippen LogP contribution in [-0.2, 0) is 14.4 Å². The summed E-state index contributed by atoms with van der Waals surface area (Å²) in [5, 5.41) is 2.13. The molecule has 4 amide bonds. The zero-order chi connectivity index (χ0) is 18.8. The Balaban J connectivity index is 0.00000261. The first-order valence-corrected chi connectivity index (χ1v) is 8.13. The fourth-order valence-corrected chi connectivity index (χ4v) is 3.00. The molecule has 1 aromatic carbocycles. The predicted molar refractivity (Wildman–Crippen MR) is 94.5 cm³/mol. The number of ketones is 1. The second-order valence-electron chi connectivity index (χ2n) is 5.99. The van der Waals surface area contributed by atoms with E-state index in [1.807, 2.05) is 0 Å². The number of ether oxygens (including phenoxy) is 1. The molecule has 9 nitrogen and oxygen atoms in total. The molecule has 1 saturated heterocycles. The van der Waals surface area contributed by atoms with Crippen molar-refractivity contribution in [1.29, 1.82) is 0 Å². The first kappa shape index (κ1) is 20.5. The van der Waals surface area contributed by atoms with Crippen LogP contribution in [0.15, 0.2) is 18.2 Å². The summed E-state index contributed by atoms with van der Waals surface area (Å²) in [5.41, 5.74) is 5.43. The second-order valence-corrected chi connectivity index (χ2v) is 5.99. The molecule has 1 unspecified atom stereocenters. The Bertz CT molecular complexity index is 825. The number of carbonyl (C=O) groups excluding carboxylic acids is 5. The number of carbonyl (C=O) groups is 5. The second kappa shape index (κ2) is 8.28. The van der Waals surface area contributed by atoms with Crippen LogP contribution in [0.3, 0.4) is 0 Å². The number of benzene rings is 1. The average molecular weight is 396 g/mol. The van der Waals surface area contributed by atoms with Gasteiger partial charge < -0.3 is 10.5 Å². The number of Topliss-reactive ketones (excluding diaryl/α,β-unsaturated/α-hetero) is 1. The van der Waals surface area contributed by atoms with Crippen molar-refractivity contribution in [3.8, 4) is 5.75 Å². The van der Waals surface area contributed by atoms with E-state index in [4.69, 9.17) is 10.5 Å². The lowest BCUT2D eigenvalue weighted by atomic mass is 10.0. The Kier molecular flexibility index (Phi) is 6.29. The lowest BCUT2D eigenvalue weighted by molar-refractivity contribution is -0.136. The van der Waals surface area contributed by atoms with E-state index in [-0.39, 0.29) is 67.5 Å². The predicted octanol–water partition coefficient (Wildman–Crippen LogP) is -0.194. The number of hydrogen-bond donors (Lipinski definition) is 2. The number of rotatable bonds is 6. The fraction of sp³-hybridized carbons (Fsp3) is 0.353. The molecule has 0 saturated carbocycles. The highest BCUT2D eigenvalue weighted by atomic mass is 35.5. The summed E-state index contributed by atoms with van der Waals surface area (Å²) in [6.45, 7) is -0.0800. The van der Waals surface area contributed by atoms with Crippen molar-refractivity contribution < 1.29 is 28.7 Å². The summed E-state index contributed by atoms with van der Waals surface area (Å²) >= 11 is 0. The van der Waals surface area contributed by atoms with Crippen molar-refractivity contribution in [2.45, 2.75) is 25.3 Å². The molecule has 2 aliphatic heterocycles. The average Bonchev–Trinajstić information content (AvgIpc) is 2.85. The van der Waals surface area contributed by atoms with Gasteiger partial charge in [0, 0.05) is 12.8 Å². The Labute approximate surface area is 160 Å². The number of halogens is 1. The number of imide groups is 2. The van der Waals surface area contributed by atoms with Gasteiger partial charge in [-0.05, 0) is 25.1 Å². The van der Waals surface area contributed by atoms with Crippen LogP contribution < -0.4 is 15.8 Å². The molecule has 3 rings (SSSR count). The summed E-state index contributed by atoms with van der Waals surface area (Å²) in [7, 11) is 0. The molecule has 0 spiro atoms. The number of fused-ring (bicyclic) bond motifs is 1. The number of nitrogens with one attached hydrogen (secondary N) is 1. The first-order chi connectivity index (χ1) is 12.4. The van der Waals surface area contributed by atoms with Crippen LogP contribution in [0.4, 0.5) is 0 Å². The van der Waals surface area contributed by atoms with Gasteiger partial charge in [-0.25, -0.2) is 0 Å². The molecule has 144 valence electrons. The maximum atomic E-state index is 12.8. The lowest BCUT2D eigenvalue weighted by Crippen LogP contribution is -2.54. The van der Waals surface area contributed by atoms with E-state index in [1.165, 1.54) is 18.2 Å². The summed E-state index contributed by atoms with van der Waals surface area (Å²) in [4.78, 5) is 61.2. The highest BCUT2D eigenvalue weighted by Gasteiger charge is 2.45. The quantitative estimate of drug-likeness (QED) is 0.637. The van der Waals surface area contributed by atoms with E-state index in [1.54, 1.807) is 0 Å². The maximum absolute atomic E-state index is 12.8. The van der Waals surface area contributed by atoms with Gasteiger partial charge in [0.1, 0.15) is 18.4 Å². The first-order valence-electron chi connectivity index (χ1n) is 8.13. The van der Waals surface area contributed by atoms with Gasteiger partial charge in [0.05, 0.1) is 11.1 Å². The lowest BCUT2D eigenvalue weighted by Gasteiger charge is -2.27. The van der Waals surface area contributed by atoms with E-state index in [2.05, 4.69) is 5.32 Å². The molecule has 0 aliphatic carbocycles. The standard InChI is InChI=1S/C17H17N3O6.ClH/c18-7-6-9(21)8-26-12-3-1-2-10-14(12)17(25)20(16(10)24)11-4-5-13(22)19-15(11)23;/h1-3,11H,4-8,18H2,(H,19,22,23);1H. The smallest absolute Gasteiger partial charge is 0.266 e. The van der Waals surface area contributed by atoms with Crippen LogP contribution >= 0.6 is 12.4 Å². The molecular formula is C17H18ClN3O6. The molecule has 1 fully saturated rings. The van der Waals surface area contributed by atoms with Gasteiger partial charge in [0.2, 0.25) is 11.8 Å². The van der Waals surface area contributed by atoms with Crippen LogP contribution in [0.1, 0.15) is 40.0 Å². The maximum Gasteiger partial charge on any atom is 0.266 e. The number of nitrogens with zero attached hydrogens (tertiary/aromatic N) is 1. The van der Waals surface area contributed by atoms with Crippen LogP contribution in [0.2, 0.25) is 0 Å². The van der Waals surface area contributed by atoms with Gasteiger partial charge in [-0.2, -0.15) is 0 Å². The van der Waals surface area contributed by atoms with Gasteiger partial charge >= 0.3 is 0 Å². The monoisotopic (exact) mass is 395 g/mol. The van der Waals surface area contributed by atoms with Crippen molar-refractivity contribution in [3.05, 3.63) is 29.3 Å². The highest BCUT2D eigenvalue weighted by Crippen LogP contribution is 2.33. The summed E-state index contributed by atoms with van der Waals surface area (Å²) in [6, 6.07) is 3.41. The number of hydrogen-bond acceptors (Lipinski definition) is 7. The molecule has 1 aromatic rings. The van der Waals surface area contributed by atoms with Crippen molar-refractivity contribution in [1.82, 2.24) is 10.2 Å². The number of amides is 4. The number of nitrogens with two attached hydrogens (primary N) is 1. The van der Waals surface area contributed by atoms with Crippen LogP contribution in [0, 0.1) is 0 Å². The molecule has 0 radical (unpaired) electrons. The Morgan fingerprint density at radius 3 is 2.63 bits per heavy atom. The fourth-order valence-electron chi connectivity index (χ4n) is 3.00. The van der Waals surface area contributed by atoms with E-state index in [0.29, 0.717) is 0 Å². The van der Waals surface area contributed by atoms with Crippen molar-refractivity contribution in [2.75, 3.05) is 13.2 Å². The normalized spacial score (nSPS) is 18.7. The van der Waals surface area contributed by atoms with Gasteiger partial charge in [0.15, 0.2) is 5.78 Å². The molecule has 2 heterocycles. The summed E-state index contributed by atoms with van der Waals surface area (Å²) < 4.78 is 5.40. The van der Waals surface area contributed by atoms with Gasteiger partial charge in [-0.1, -0.05) is 6.07 Å². The Morgan fingerprint density at radius 1 is 1.22 bits per heavy atom. The molecule has 10 heteroatoms. The minimum atomic E-state index is -1.05. The van der Waals surface area contributed by atoms with Crippen molar-refractivity contribution >= 4 is 41.8 Å². The molecule has 2 aliphatic rings. The zero-order valence-electron chi connectivity index (χ0n) is 14.2. The van der Waals surface area contributed by atoms with Crippen LogP contribution in [-0.4, -0.2) is 53.5 Å². The summed E-state index contributed by atoms with van der Waals surface area (Å²) in [6.07, 6.45) is 0.256. The van der Waals surface area contributed by atoms with Crippen LogP contribution in [0.25, 0.3) is 0 Å². The Hall–Kier alpha value is -2.78. The van der Waals surface area contributed by atoms with E-state index < -0.39 is 29.7 Å². The molecular weight excluding hydrogens is 378 g/mol. The van der Waals surface area contributed by atoms with Gasteiger partial charge in [0.25, 0.3) is 11.8 Å². The largest absolute Gasteiger partial charge is 0.485 e. The minimum Gasteiger partial charge on any atom is -0.485 e. The third-order valence-corrected chi connectivity index (χ3v) is 4.24. The summed E-state index contributed by atoms with van der Waals surface area (Å²) in [5.74, 6) is -2.56. The van der Waals surface area contributed by atoms with Crippen molar-refractivity contribution in [3.63, 3.8) is 0 Å². The highest BCUT2D eigenvalue weighted by molar-refractivity contribution is 6.24. The topological polar surface area (TPSA) is 136 Å². The minimum absolute atomic E-state index is 0. The molecule has 1 atom stereocenters. The third-order valence-electron chi connectivity index (χ3n) is 4.24. The molecule has 27 heavy (non-hydrogen) atoms. The van der Waals surface area contributed by atoms with Crippen LogP contribution in [0.5, 0.6) is 5.75 Å². The molecule has 0 aromatic heterocycles.